The van der Waals surface area contributed by atoms with Gasteiger partial charge in [0.15, 0.2) is 0 Å². The monoisotopic (exact) mass is 258 g/mol. The number of carbonyl (C=O) groups is 1. The first-order chi connectivity index (χ1) is 9.25. The number of ether oxygens (including phenoxy) is 1. The Morgan fingerprint density at radius 1 is 1.21 bits per heavy atom. The molecule has 6 heteroatoms. The van der Waals surface area contributed by atoms with Crippen LogP contribution < -0.4 is 15.8 Å². The van der Waals surface area contributed by atoms with Crippen LogP contribution in [0.25, 0.3) is 0 Å². The molecule has 0 aliphatic rings. The van der Waals surface area contributed by atoms with Crippen LogP contribution in [0.15, 0.2) is 43.0 Å². The van der Waals surface area contributed by atoms with Crippen LogP contribution in [0.1, 0.15) is 10.4 Å². The van der Waals surface area contributed by atoms with E-state index in [4.69, 9.17) is 10.5 Å². The Hall–Kier alpha value is -2.63. The number of hydrogen-bond acceptors (Lipinski definition) is 5. The minimum Gasteiger partial charge on any atom is -0.492 e. The lowest BCUT2D eigenvalue weighted by Gasteiger charge is -2.07. The van der Waals surface area contributed by atoms with Gasteiger partial charge in [-0.25, -0.2) is 9.97 Å². The van der Waals surface area contributed by atoms with Crippen molar-refractivity contribution < 1.29 is 9.53 Å². The summed E-state index contributed by atoms with van der Waals surface area (Å²) < 4.78 is 5.45. The largest absolute Gasteiger partial charge is 0.492 e. The Kier molecular flexibility index (Phi) is 4.28. The van der Waals surface area contributed by atoms with E-state index in [1.165, 1.54) is 18.7 Å². The molecule has 3 N–H and O–H groups in total. The second-order valence-corrected chi connectivity index (χ2v) is 3.80. The number of amides is 1. The summed E-state index contributed by atoms with van der Waals surface area (Å²) >= 11 is 0. The molecule has 19 heavy (non-hydrogen) atoms. The number of nitrogens with one attached hydrogen (secondary N) is 1. The Labute approximate surface area is 110 Å². The molecule has 1 aromatic carbocycles. The Balaban J connectivity index is 1.72. The quantitative estimate of drug-likeness (QED) is 0.613. The van der Waals surface area contributed by atoms with Gasteiger partial charge in [-0.05, 0) is 24.3 Å². The molecule has 0 bridgehead atoms. The Morgan fingerprint density at radius 2 is 1.89 bits per heavy atom. The van der Waals surface area contributed by atoms with Crippen molar-refractivity contribution in [2.45, 2.75) is 0 Å². The number of nitrogens with zero attached hydrogens (tertiary/aromatic N) is 2. The van der Waals surface area contributed by atoms with Crippen LogP contribution in [-0.4, -0.2) is 29.0 Å². The molecule has 0 aliphatic carbocycles. The molecule has 0 spiro atoms. The molecule has 0 unspecified atom stereocenters. The molecular weight excluding hydrogens is 244 g/mol. The van der Waals surface area contributed by atoms with Gasteiger partial charge < -0.3 is 15.8 Å². The van der Waals surface area contributed by atoms with Crippen LogP contribution in [0, 0.1) is 0 Å². The number of nitrogen functional groups attached to an aromatic ring is 1. The summed E-state index contributed by atoms with van der Waals surface area (Å²) in [7, 11) is 0. The van der Waals surface area contributed by atoms with Crippen molar-refractivity contribution in [3.8, 4) is 5.75 Å². The topological polar surface area (TPSA) is 90.1 Å². The maximum atomic E-state index is 11.6. The van der Waals surface area contributed by atoms with Gasteiger partial charge in [-0.15, -0.1) is 0 Å². The average Bonchev–Trinajstić information content (AvgIpc) is 2.46. The normalized spacial score (nSPS) is 9.89. The van der Waals surface area contributed by atoms with Gasteiger partial charge in [-0.2, -0.15) is 0 Å². The summed E-state index contributed by atoms with van der Waals surface area (Å²) in [6.07, 6.45) is 4.30. The Bertz CT molecular complexity index is 528. The third-order valence-corrected chi connectivity index (χ3v) is 2.36. The highest BCUT2D eigenvalue weighted by Gasteiger charge is 2.04. The van der Waals surface area contributed by atoms with Gasteiger partial charge in [0.2, 0.25) is 0 Å². The minimum absolute atomic E-state index is 0.221. The van der Waals surface area contributed by atoms with E-state index >= 15 is 0 Å². The first-order valence-electron chi connectivity index (χ1n) is 5.77. The molecule has 6 nitrogen and oxygen atoms in total. The van der Waals surface area contributed by atoms with Crippen LogP contribution in [-0.2, 0) is 0 Å². The average molecular weight is 258 g/mol. The maximum absolute atomic E-state index is 11.6. The van der Waals surface area contributed by atoms with Gasteiger partial charge in [0.1, 0.15) is 18.7 Å². The third-order valence-electron chi connectivity index (χ3n) is 2.36. The summed E-state index contributed by atoms with van der Waals surface area (Å²) in [5, 5.41) is 2.71. The van der Waals surface area contributed by atoms with E-state index in [2.05, 4.69) is 15.3 Å². The predicted octanol–water partition coefficient (Wildman–Crippen LogP) is 0.868. The van der Waals surface area contributed by atoms with E-state index in [0.717, 1.165) is 0 Å². The van der Waals surface area contributed by atoms with Gasteiger partial charge in [0.05, 0.1) is 12.1 Å². The zero-order valence-electron chi connectivity index (χ0n) is 10.2. The second-order valence-electron chi connectivity index (χ2n) is 3.80. The van der Waals surface area contributed by atoms with Crippen LogP contribution in [0.3, 0.4) is 0 Å². The van der Waals surface area contributed by atoms with Crippen LogP contribution >= 0.6 is 0 Å². The van der Waals surface area contributed by atoms with E-state index in [0.29, 0.717) is 30.2 Å². The standard InChI is InChI=1S/C13H14N4O2/c14-11-1-3-12(4-2-11)19-6-5-17-13(18)10-7-15-9-16-8-10/h1-4,7-9H,5-6,14H2,(H,17,18). The zero-order valence-corrected chi connectivity index (χ0v) is 10.2. The molecular formula is C13H14N4O2. The highest BCUT2D eigenvalue weighted by Crippen LogP contribution is 2.12. The SMILES string of the molecule is Nc1ccc(OCCNC(=O)c2cncnc2)cc1. The fraction of sp³-hybridized carbons (Fsp3) is 0.154. The van der Waals surface area contributed by atoms with Crippen molar-refractivity contribution in [2.75, 3.05) is 18.9 Å². The summed E-state index contributed by atoms with van der Waals surface area (Å²) in [6, 6.07) is 7.08. The third kappa shape index (κ3) is 3.95. The fourth-order valence-electron chi connectivity index (χ4n) is 1.42. The van der Waals surface area contributed by atoms with Crippen molar-refractivity contribution in [3.63, 3.8) is 0 Å². The molecule has 0 fully saturated rings. The molecule has 1 heterocycles. The minimum atomic E-state index is -0.221. The summed E-state index contributed by atoms with van der Waals surface area (Å²) in [5.74, 6) is 0.494. The highest BCUT2D eigenvalue weighted by molar-refractivity contribution is 5.93. The van der Waals surface area contributed by atoms with Crippen LogP contribution in [0.4, 0.5) is 5.69 Å². The number of aromatic nitrogens is 2. The van der Waals surface area contributed by atoms with Crippen LogP contribution in [0.2, 0.25) is 0 Å². The van der Waals surface area contributed by atoms with E-state index in [1.54, 1.807) is 24.3 Å². The summed E-state index contributed by atoms with van der Waals surface area (Å²) in [4.78, 5) is 19.2. The highest BCUT2D eigenvalue weighted by atomic mass is 16.5. The van der Waals surface area contributed by atoms with Gasteiger partial charge in [0, 0.05) is 18.1 Å². The molecule has 0 radical (unpaired) electrons. The van der Waals surface area contributed by atoms with E-state index in [-0.39, 0.29) is 5.91 Å². The molecule has 2 aromatic rings. The van der Waals surface area contributed by atoms with E-state index < -0.39 is 0 Å². The van der Waals surface area contributed by atoms with Gasteiger partial charge in [-0.1, -0.05) is 0 Å². The first kappa shape index (κ1) is 12.8. The fourth-order valence-corrected chi connectivity index (χ4v) is 1.42. The molecule has 1 aromatic heterocycles. The van der Waals surface area contributed by atoms with Crippen molar-refractivity contribution >= 4 is 11.6 Å². The summed E-state index contributed by atoms with van der Waals surface area (Å²) in [5.41, 5.74) is 6.67. The van der Waals surface area contributed by atoms with E-state index in [1.807, 2.05) is 0 Å². The van der Waals surface area contributed by atoms with Crippen molar-refractivity contribution in [3.05, 3.63) is 48.5 Å². The van der Waals surface area contributed by atoms with Gasteiger partial charge in [0.25, 0.3) is 5.91 Å². The first-order valence-corrected chi connectivity index (χ1v) is 5.77. The molecule has 1 amide bonds. The second kappa shape index (κ2) is 6.34. The molecule has 98 valence electrons. The van der Waals surface area contributed by atoms with Crippen molar-refractivity contribution in [1.82, 2.24) is 15.3 Å². The van der Waals surface area contributed by atoms with Gasteiger partial charge >= 0.3 is 0 Å². The predicted molar refractivity (Wildman–Crippen MR) is 70.7 cm³/mol. The van der Waals surface area contributed by atoms with E-state index in [9.17, 15) is 4.79 Å². The van der Waals surface area contributed by atoms with Crippen molar-refractivity contribution in [2.24, 2.45) is 0 Å². The molecule has 0 aliphatic heterocycles. The number of rotatable bonds is 5. The molecule has 0 saturated carbocycles. The number of carbonyl (C=O) groups excluding carboxylic acids is 1. The number of hydrogen-bond donors (Lipinski definition) is 2. The number of nitrogens with two attached hydrogens (primary N) is 1. The smallest absolute Gasteiger partial charge is 0.254 e. The lowest BCUT2D eigenvalue weighted by atomic mass is 10.3. The summed E-state index contributed by atoms with van der Waals surface area (Å²) in [6.45, 7) is 0.779. The number of anilines is 1. The Morgan fingerprint density at radius 3 is 2.58 bits per heavy atom. The lowest BCUT2D eigenvalue weighted by molar-refractivity contribution is 0.0946. The number of benzene rings is 1. The zero-order chi connectivity index (χ0) is 13.5. The van der Waals surface area contributed by atoms with Crippen molar-refractivity contribution in [1.29, 1.82) is 0 Å². The van der Waals surface area contributed by atoms with Crippen LogP contribution in [0.5, 0.6) is 5.75 Å². The molecule has 0 atom stereocenters. The maximum Gasteiger partial charge on any atom is 0.254 e. The van der Waals surface area contributed by atoms with Gasteiger partial charge in [-0.3, -0.25) is 4.79 Å². The lowest BCUT2D eigenvalue weighted by Crippen LogP contribution is -2.28. The molecule has 2 rings (SSSR count). The molecule has 0 saturated heterocycles.